The van der Waals surface area contributed by atoms with Gasteiger partial charge in [0.15, 0.2) is 0 Å². The minimum atomic E-state index is -0.261. The van der Waals surface area contributed by atoms with Crippen molar-refractivity contribution in [1.29, 1.82) is 0 Å². The molecule has 6 nitrogen and oxygen atoms in total. The fourth-order valence-electron chi connectivity index (χ4n) is 3.03. The van der Waals surface area contributed by atoms with E-state index in [-0.39, 0.29) is 25.0 Å². The highest BCUT2D eigenvalue weighted by Gasteiger charge is 2.22. The lowest BCUT2D eigenvalue weighted by atomic mass is 10.1. The van der Waals surface area contributed by atoms with Crippen molar-refractivity contribution < 1.29 is 19.1 Å². The van der Waals surface area contributed by atoms with Gasteiger partial charge in [-0.25, -0.2) is 0 Å². The van der Waals surface area contributed by atoms with E-state index in [1.54, 1.807) is 13.1 Å². The van der Waals surface area contributed by atoms with E-state index in [0.717, 1.165) is 27.0 Å². The van der Waals surface area contributed by atoms with E-state index in [4.69, 9.17) is 9.47 Å². The third-order valence-electron chi connectivity index (χ3n) is 4.47. The van der Waals surface area contributed by atoms with Crippen molar-refractivity contribution in [2.75, 3.05) is 32.1 Å². The van der Waals surface area contributed by atoms with E-state index in [9.17, 15) is 9.59 Å². The number of hydrogen-bond acceptors (Lipinski definition) is 4. The maximum absolute atomic E-state index is 12.8. The molecule has 1 aliphatic heterocycles. The van der Waals surface area contributed by atoms with Crippen LogP contribution in [0.15, 0.2) is 46.4 Å². The second kappa shape index (κ2) is 9.13. The second-order valence-electron chi connectivity index (χ2n) is 6.76. The average Bonchev–Trinajstić information content (AvgIpc) is 2.69. The summed E-state index contributed by atoms with van der Waals surface area (Å²) in [6, 6.07) is 11.1. The molecule has 0 saturated carbocycles. The number of anilines is 1. The molecule has 1 N–H and O–H groups in total. The van der Waals surface area contributed by atoms with E-state index in [1.165, 1.54) is 4.90 Å². The molecule has 2 aromatic carbocycles. The fraction of sp³-hybridized carbons (Fsp3) is 0.273. The standard InChI is InChI=1S/C22H23BrN2O4/c1-4-28-18-6-8-20-15(11-18)10-16(13-29-20)22(27)25(3)12-21(26)24-19-7-5-17(23)9-14(19)2/h5-11H,4,12-13H2,1-3H3,(H,24,26). The number of halogens is 1. The Morgan fingerprint density at radius 2 is 2.03 bits per heavy atom. The number of likely N-dealkylation sites (N-methyl/N-ethyl adjacent to an activating group) is 1. The zero-order valence-corrected chi connectivity index (χ0v) is 18.2. The molecule has 0 radical (unpaired) electrons. The number of nitrogens with zero attached hydrogens (tertiary/aromatic N) is 1. The number of ether oxygens (including phenoxy) is 2. The van der Waals surface area contributed by atoms with Crippen molar-refractivity contribution in [3.63, 3.8) is 0 Å². The SMILES string of the molecule is CCOc1ccc2c(c1)C=C(C(=O)N(C)CC(=O)Nc1ccc(Br)cc1C)CO2. The highest BCUT2D eigenvalue weighted by Crippen LogP contribution is 2.30. The second-order valence-corrected chi connectivity index (χ2v) is 7.68. The Morgan fingerprint density at radius 1 is 1.24 bits per heavy atom. The first-order chi connectivity index (χ1) is 13.9. The van der Waals surface area contributed by atoms with Crippen LogP contribution in [0.5, 0.6) is 11.5 Å². The molecule has 0 saturated heterocycles. The monoisotopic (exact) mass is 458 g/mol. The summed E-state index contributed by atoms with van der Waals surface area (Å²) in [5.41, 5.74) is 2.93. The molecule has 0 spiro atoms. The number of hydrogen-bond donors (Lipinski definition) is 1. The highest BCUT2D eigenvalue weighted by molar-refractivity contribution is 9.10. The first-order valence-corrected chi connectivity index (χ1v) is 10.1. The first-order valence-electron chi connectivity index (χ1n) is 9.29. The molecule has 0 aromatic heterocycles. The van der Waals surface area contributed by atoms with Gasteiger partial charge < -0.3 is 19.7 Å². The van der Waals surface area contributed by atoms with Gasteiger partial charge in [0.1, 0.15) is 18.1 Å². The molecule has 2 amide bonds. The van der Waals surface area contributed by atoms with Gasteiger partial charge in [-0.2, -0.15) is 0 Å². The Balaban J connectivity index is 1.66. The van der Waals surface area contributed by atoms with Crippen LogP contribution in [-0.2, 0) is 9.59 Å². The molecule has 0 atom stereocenters. The van der Waals surface area contributed by atoms with Crippen LogP contribution in [0.3, 0.4) is 0 Å². The third-order valence-corrected chi connectivity index (χ3v) is 4.96. The molecule has 2 aromatic rings. The molecule has 0 fully saturated rings. The highest BCUT2D eigenvalue weighted by atomic mass is 79.9. The third kappa shape index (κ3) is 5.17. The van der Waals surface area contributed by atoms with Crippen LogP contribution in [0.4, 0.5) is 5.69 Å². The molecule has 7 heteroatoms. The molecule has 3 rings (SSSR count). The van der Waals surface area contributed by atoms with Gasteiger partial charge in [0.2, 0.25) is 5.91 Å². The number of fused-ring (bicyclic) bond motifs is 1. The summed E-state index contributed by atoms with van der Waals surface area (Å²) in [5.74, 6) is 0.913. The Kier molecular flexibility index (Phi) is 6.59. The van der Waals surface area contributed by atoms with Crippen LogP contribution in [0.2, 0.25) is 0 Å². The number of amides is 2. The molecule has 0 bridgehead atoms. The molecule has 1 heterocycles. The van der Waals surface area contributed by atoms with Crippen LogP contribution in [0, 0.1) is 6.92 Å². The van der Waals surface area contributed by atoms with E-state index < -0.39 is 0 Å². The van der Waals surface area contributed by atoms with Gasteiger partial charge in [0.25, 0.3) is 5.91 Å². The summed E-state index contributed by atoms with van der Waals surface area (Å²) in [7, 11) is 1.60. The van der Waals surface area contributed by atoms with Gasteiger partial charge in [-0.1, -0.05) is 15.9 Å². The number of carbonyl (C=O) groups is 2. The minimum Gasteiger partial charge on any atom is -0.494 e. The van der Waals surface area contributed by atoms with E-state index in [0.29, 0.717) is 17.9 Å². The molecule has 1 aliphatic rings. The minimum absolute atomic E-state index is 0.0580. The van der Waals surface area contributed by atoms with Gasteiger partial charge in [-0.3, -0.25) is 9.59 Å². The Labute approximate surface area is 178 Å². The quantitative estimate of drug-likeness (QED) is 0.709. The molecular weight excluding hydrogens is 436 g/mol. The normalized spacial score (nSPS) is 12.3. The molecular formula is C22H23BrN2O4. The molecule has 29 heavy (non-hydrogen) atoms. The predicted molar refractivity (Wildman–Crippen MR) is 116 cm³/mol. The van der Waals surface area contributed by atoms with Gasteiger partial charge in [0.05, 0.1) is 18.7 Å². The van der Waals surface area contributed by atoms with Crippen LogP contribution in [0.1, 0.15) is 18.1 Å². The van der Waals surface area contributed by atoms with Crippen LogP contribution in [0.25, 0.3) is 6.08 Å². The summed E-state index contributed by atoms with van der Waals surface area (Å²) in [5, 5.41) is 2.84. The summed E-state index contributed by atoms with van der Waals surface area (Å²) in [6.07, 6.45) is 1.79. The topological polar surface area (TPSA) is 67.9 Å². The van der Waals surface area contributed by atoms with Gasteiger partial charge in [0, 0.05) is 22.8 Å². The summed E-state index contributed by atoms with van der Waals surface area (Å²) >= 11 is 3.40. The zero-order valence-electron chi connectivity index (χ0n) is 16.6. The lowest BCUT2D eigenvalue weighted by molar-refractivity contribution is -0.130. The summed E-state index contributed by atoms with van der Waals surface area (Å²) in [4.78, 5) is 26.5. The fourth-order valence-corrected chi connectivity index (χ4v) is 3.50. The number of nitrogens with one attached hydrogen (secondary N) is 1. The van der Waals surface area contributed by atoms with E-state index in [1.807, 2.05) is 50.2 Å². The molecule has 0 unspecified atom stereocenters. The van der Waals surface area contributed by atoms with Crippen molar-refractivity contribution in [3.8, 4) is 11.5 Å². The first kappa shape index (κ1) is 20.9. The van der Waals surface area contributed by atoms with Gasteiger partial charge >= 0.3 is 0 Å². The van der Waals surface area contributed by atoms with Gasteiger partial charge in [-0.05, 0) is 61.9 Å². The average molecular weight is 459 g/mol. The van der Waals surface area contributed by atoms with Gasteiger partial charge in [-0.15, -0.1) is 0 Å². The van der Waals surface area contributed by atoms with Crippen molar-refractivity contribution in [3.05, 3.63) is 57.6 Å². The van der Waals surface area contributed by atoms with Crippen molar-refractivity contribution in [2.45, 2.75) is 13.8 Å². The van der Waals surface area contributed by atoms with Crippen LogP contribution >= 0.6 is 15.9 Å². The predicted octanol–water partition coefficient (Wildman–Crippen LogP) is 4.03. The largest absolute Gasteiger partial charge is 0.494 e. The Morgan fingerprint density at radius 3 is 2.76 bits per heavy atom. The Bertz CT molecular complexity index is 971. The molecule has 0 aliphatic carbocycles. The number of aryl methyl sites for hydroxylation is 1. The van der Waals surface area contributed by atoms with E-state index >= 15 is 0 Å². The summed E-state index contributed by atoms with van der Waals surface area (Å²) in [6.45, 7) is 4.49. The maximum atomic E-state index is 12.8. The number of benzene rings is 2. The maximum Gasteiger partial charge on any atom is 0.253 e. The lowest BCUT2D eigenvalue weighted by Gasteiger charge is -2.22. The van der Waals surface area contributed by atoms with Crippen molar-refractivity contribution in [1.82, 2.24) is 4.90 Å². The Hall–Kier alpha value is -2.80. The zero-order chi connectivity index (χ0) is 21.0. The van der Waals surface area contributed by atoms with Crippen LogP contribution < -0.4 is 14.8 Å². The van der Waals surface area contributed by atoms with E-state index in [2.05, 4.69) is 21.2 Å². The smallest absolute Gasteiger partial charge is 0.253 e. The number of carbonyl (C=O) groups excluding carboxylic acids is 2. The van der Waals surface area contributed by atoms with Crippen molar-refractivity contribution in [2.24, 2.45) is 0 Å². The molecule has 152 valence electrons. The van der Waals surface area contributed by atoms with Crippen molar-refractivity contribution >= 4 is 39.5 Å². The number of rotatable bonds is 6. The summed E-state index contributed by atoms with van der Waals surface area (Å²) < 4.78 is 12.1. The van der Waals surface area contributed by atoms with Crippen LogP contribution in [-0.4, -0.2) is 43.5 Å². The lowest BCUT2D eigenvalue weighted by Crippen LogP contribution is -2.37.